The van der Waals surface area contributed by atoms with Gasteiger partial charge in [-0.25, -0.2) is 0 Å². The van der Waals surface area contributed by atoms with Crippen LogP contribution in [-0.2, 0) is 33.6 Å². The molecule has 15 nitrogen and oxygen atoms in total. The Hall–Kier alpha value is -3.75. The van der Waals surface area contributed by atoms with Gasteiger partial charge in [0.1, 0.15) is 29.7 Å². The smallest absolute Gasteiger partial charge is 0.248 e. The molecule has 0 saturated carbocycles. The van der Waals surface area contributed by atoms with Crippen LogP contribution < -0.4 is 32.3 Å². The number of hydrogen-bond acceptors (Lipinski definition) is 8. The SMILES string of the molecule is CCCCCCCCCCCC(=O)NC(C)(C)C(=O)N1CCC[C@H]1C(=O)N[C@H](CC(C)C)C(=O)N[C@H](C(=O)N[C@H](CCC(N)=O)C(=O)N[C@H](CO)CC(C)C)C(C)C. The van der Waals surface area contributed by atoms with Crippen LogP contribution in [0.2, 0.25) is 0 Å². The summed E-state index contributed by atoms with van der Waals surface area (Å²) in [5.74, 6) is -3.91. The Bertz CT molecular complexity index is 1320. The van der Waals surface area contributed by atoms with Gasteiger partial charge >= 0.3 is 0 Å². The van der Waals surface area contributed by atoms with Crippen LogP contribution in [0.25, 0.3) is 0 Å². The lowest BCUT2D eigenvalue weighted by Gasteiger charge is -2.34. The molecule has 0 aromatic heterocycles. The van der Waals surface area contributed by atoms with E-state index in [-0.39, 0.29) is 49.5 Å². The normalized spacial score (nSPS) is 16.4. The highest BCUT2D eigenvalue weighted by molar-refractivity contribution is 5.97. The largest absolute Gasteiger partial charge is 0.394 e. The molecule has 1 heterocycles. The van der Waals surface area contributed by atoms with E-state index in [0.29, 0.717) is 32.2 Å². The third kappa shape index (κ3) is 19.8. The fraction of sp³-hybridized carbons (Fsp3) is 0.837. The molecule has 1 aliphatic heterocycles. The minimum atomic E-state index is -1.24. The Kier molecular flexibility index (Phi) is 24.4. The van der Waals surface area contributed by atoms with Gasteiger partial charge in [0.05, 0.1) is 12.6 Å². The van der Waals surface area contributed by atoms with Crippen molar-refractivity contribution < 1.29 is 38.7 Å². The number of rotatable bonds is 29. The van der Waals surface area contributed by atoms with Crippen LogP contribution in [0, 0.1) is 17.8 Å². The molecule has 15 heteroatoms. The Morgan fingerprint density at radius 2 is 1.29 bits per heavy atom. The molecule has 0 aromatic rings. The molecule has 0 radical (unpaired) electrons. The lowest BCUT2D eigenvalue weighted by Crippen LogP contribution is -2.61. The summed E-state index contributed by atoms with van der Waals surface area (Å²) in [5.41, 5.74) is 4.10. The predicted octanol–water partition coefficient (Wildman–Crippen LogP) is 3.74. The molecule has 0 aromatic carbocycles. The second kappa shape index (κ2) is 27.1. The lowest BCUT2D eigenvalue weighted by atomic mass is 9.98. The first kappa shape index (κ1) is 52.3. The van der Waals surface area contributed by atoms with Crippen molar-refractivity contribution >= 4 is 41.4 Å². The van der Waals surface area contributed by atoms with Crippen LogP contribution in [0.15, 0.2) is 0 Å². The number of nitrogens with zero attached hydrogens (tertiary/aromatic N) is 1. The predicted molar refractivity (Wildman–Crippen MR) is 226 cm³/mol. The molecular weight excluding hydrogens is 743 g/mol. The summed E-state index contributed by atoms with van der Waals surface area (Å²) in [4.78, 5) is 94.4. The highest BCUT2D eigenvalue weighted by Gasteiger charge is 2.42. The van der Waals surface area contributed by atoms with E-state index in [1.54, 1.807) is 27.7 Å². The number of primary amides is 1. The second-order valence-electron chi connectivity index (χ2n) is 17.9. The molecule has 8 N–H and O–H groups in total. The standard InChI is InChI=1S/C43H79N7O8/c1-10-11-12-13-14-15-16-17-18-21-36(53)49-43(8,9)42(58)50-24-19-20-34(50)40(56)47-33(26-29(4)5)39(55)48-37(30(6)7)41(57)46-32(22-23-35(44)52)38(54)45-31(27-51)25-28(2)3/h28-34,37,51H,10-27H2,1-9H3,(H2,44,52)(H,45,54)(H,46,57)(H,47,56)(H,48,55)(H,49,53)/t31-,32+,33+,34-,37-/m0/s1. The molecule has 1 saturated heterocycles. The molecule has 7 amide bonds. The average molecular weight is 822 g/mol. The van der Waals surface area contributed by atoms with E-state index < -0.39 is 71.2 Å². The van der Waals surface area contributed by atoms with Crippen LogP contribution in [-0.4, -0.2) is 100 Å². The highest BCUT2D eigenvalue weighted by atomic mass is 16.3. The van der Waals surface area contributed by atoms with E-state index in [1.807, 2.05) is 27.7 Å². The van der Waals surface area contributed by atoms with E-state index in [0.717, 1.165) is 25.7 Å². The van der Waals surface area contributed by atoms with Crippen molar-refractivity contribution in [1.29, 1.82) is 0 Å². The van der Waals surface area contributed by atoms with Gasteiger partial charge in [0.25, 0.3) is 0 Å². The maximum atomic E-state index is 13.9. The molecule has 0 spiro atoms. The van der Waals surface area contributed by atoms with Crippen LogP contribution in [0.1, 0.15) is 165 Å². The number of hydrogen-bond donors (Lipinski definition) is 7. The van der Waals surface area contributed by atoms with Crippen molar-refractivity contribution in [3.05, 3.63) is 0 Å². The summed E-state index contributed by atoms with van der Waals surface area (Å²) in [5, 5.41) is 23.7. The third-order valence-corrected chi connectivity index (χ3v) is 10.5. The number of amides is 7. The first-order valence-electron chi connectivity index (χ1n) is 22.0. The average Bonchev–Trinajstić information content (AvgIpc) is 3.63. The summed E-state index contributed by atoms with van der Waals surface area (Å²) in [6.07, 6.45) is 11.9. The van der Waals surface area contributed by atoms with Gasteiger partial charge in [-0.15, -0.1) is 0 Å². The van der Waals surface area contributed by atoms with Gasteiger partial charge < -0.3 is 42.3 Å². The maximum Gasteiger partial charge on any atom is 0.248 e. The van der Waals surface area contributed by atoms with E-state index in [1.165, 1.54) is 37.0 Å². The number of nitrogens with two attached hydrogens (primary N) is 1. The van der Waals surface area contributed by atoms with Crippen molar-refractivity contribution in [3.63, 3.8) is 0 Å². The highest BCUT2D eigenvalue weighted by Crippen LogP contribution is 2.23. The van der Waals surface area contributed by atoms with Gasteiger partial charge in [0.15, 0.2) is 0 Å². The van der Waals surface area contributed by atoms with Gasteiger partial charge in [-0.2, -0.15) is 0 Å². The molecule has 58 heavy (non-hydrogen) atoms. The minimum absolute atomic E-state index is 0.0317. The van der Waals surface area contributed by atoms with Crippen molar-refractivity contribution in [2.24, 2.45) is 23.5 Å². The summed E-state index contributed by atoms with van der Waals surface area (Å²) in [6, 6.07) is -4.74. The summed E-state index contributed by atoms with van der Waals surface area (Å²) >= 11 is 0. The molecule has 0 unspecified atom stereocenters. The van der Waals surface area contributed by atoms with Gasteiger partial charge in [0.2, 0.25) is 41.4 Å². The Labute approximate surface area is 348 Å². The molecule has 5 atom stereocenters. The van der Waals surface area contributed by atoms with Gasteiger partial charge in [-0.3, -0.25) is 33.6 Å². The Morgan fingerprint density at radius 3 is 1.83 bits per heavy atom. The number of unbranched alkanes of at least 4 members (excludes halogenated alkanes) is 8. The summed E-state index contributed by atoms with van der Waals surface area (Å²) < 4.78 is 0. The first-order valence-corrected chi connectivity index (χ1v) is 22.0. The summed E-state index contributed by atoms with van der Waals surface area (Å²) in [7, 11) is 0. The third-order valence-electron chi connectivity index (χ3n) is 10.5. The fourth-order valence-electron chi connectivity index (χ4n) is 7.33. The van der Waals surface area contributed by atoms with Crippen molar-refractivity contribution in [3.8, 4) is 0 Å². The molecule has 1 aliphatic rings. The topological polar surface area (TPSA) is 229 Å². The van der Waals surface area contributed by atoms with Crippen LogP contribution in [0.5, 0.6) is 0 Å². The molecule has 1 rings (SSSR count). The first-order chi connectivity index (χ1) is 27.2. The van der Waals surface area contributed by atoms with Crippen molar-refractivity contribution in [1.82, 2.24) is 31.5 Å². The second-order valence-corrected chi connectivity index (χ2v) is 17.9. The number of nitrogens with one attached hydrogen (secondary N) is 5. The van der Waals surface area contributed by atoms with Gasteiger partial charge in [0, 0.05) is 19.4 Å². The minimum Gasteiger partial charge on any atom is -0.394 e. The number of likely N-dealkylation sites (tertiary alicyclic amines) is 1. The molecular formula is C43H79N7O8. The monoisotopic (exact) mass is 822 g/mol. The van der Waals surface area contributed by atoms with E-state index in [2.05, 4.69) is 33.5 Å². The maximum absolute atomic E-state index is 13.9. The zero-order valence-corrected chi connectivity index (χ0v) is 37.2. The Morgan fingerprint density at radius 1 is 0.724 bits per heavy atom. The number of carbonyl (C=O) groups is 7. The molecule has 0 bridgehead atoms. The quantitative estimate of drug-likeness (QED) is 0.0549. The zero-order valence-electron chi connectivity index (χ0n) is 37.2. The van der Waals surface area contributed by atoms with Crippen LogP contribution in [0.4, 0.5) is 0 Å². The van der Waals surface area contributed by atoms with Crippen LogP contribution >= 0.6 is 0 Å². The summed E-state index contributed by atoms with van der Waals surface area (Å²) in [6.45, 7) is 16.6. The lowest BCUT2D eigenvalue weighted by molar-refractivity contribution is -0.145. The van der Waals surface area contributed by atoms with E-state index in [9.17, 15) is 38.7 Å². The van der Waals surface area contributed by atoms with Crippen molar-refractivity contribution in [2.75, 3.05) is 13.2 Å². The number of carbonyl (C=O) groups excluding carboxylic acids is 7. The number of aliphatic hydroxyl groups excluding tert-OH is 1. The number of aliphatic hydroxyl groups is 1. The fourth-order valence-corrected chi connectivity index (χ4v) is 7.33. The molecule has 0 aliphatic carbocycles. The van der Waals surface area contributed by atoms with Crippen molar-refractivity contribution in [2.45, 2.75) is 201 Å². The zero-order chi connectivity index (χ0) is 44.0. The molecule has 334 valence electrons. The van der Waals surface area contributed by atoms with Crippen LogP contribution in [0.3, 0.4) is 0 Å². The van der Waals surface area contributed by atoms with Gasteiger partial charge in [-0.05, 0) is 70.1 Å². The Balaban J connectivity index is 2.99. The van der Waals surface area contributed by atoms with E-state index in [4.69, 9.17) is 5.73 Å². The van der Waals surface area contributed by atoms with E-state index >= 15 is 0 Å². The van der Waals surface area contributed by atoms with Gasteiger partial charge in [-0.1, -0.05) is 99.8 Å². The molecule has 1 fully saturated rings.